The summed E-state index contributed by atoms with van der Waals surface area (Å²) in [4.78, 5) is 25.8. The molecule has 0 saturated carbocycles. The van der Waals surface area contributed by atoms with Gasteiger partial charge in [0.05, 0.1) is 34.0 Å². The lowest BCUT2D eigenvalue weighted by Gasteiger charge is -2.26. The lowest BCUT2D eigenvalue weighted by Crippen LogP contribution is -2.32. The van der Waals surface area contributed by atoms with Gasteiger partial charge in [-0.2, -0.15) is 0 Å². The molecule has 0 saturated heterocycles. The number of ether oxygens (including phenoxy) is 5. The van der Waals surface area contributed by atoms with Gasteiger partial charge in [0, 0.05) is 5.56 Å². The van der Waals surface area contributed by atoms with Crippen molar-refractivity contribution in [3.63, 3.8) is 0 Å². The van der Waals surface area contributed by atoms with Crippen molar-refractivity contribution in [2.75, 3.05) is 28.4 Å². The summed E-state index contributed by atoms with van der Waals surface area (Å²) >= 11 is 0. The SMILES string of the molecule is COc1cc2c(c(OC)c1O)OC(=O)C(c1cccc(OC)c1OC)C2=O. The number of esters is 1. The molecule has 1 N–H and O–H groups in total. The Balaban J connectivity index is 2.20. The van der Waals surface area contributed by atoms with Crippen molar-refractivity contribution in [1.29, 1.82) is 0 Å². The van der Waals surface area contributed by atoms with Gasteiger partial charge in [0.2, 0.25) is 11.5 Å². The minimum Gasteiger partial charge on any atom is -0.502 e. The van der Waals surface area contributed by atoms with Gasteiger partial charge in [-0.1, -0.05) is 12.1 Å². The molecule has 0 spiro atoms. The second-order valence-electron chi connectivity index (χ2n) is 5.64. The van der Waals surface area contributed by atoms with Gasteiger partial charge in [-0.3, -0.25) is 9.59 Å². The Morgan fingerprint density at radius 2 is 1.59 bits per heavy atom. The predicted octanol–water partition coefficient (Wildman–Crippen LogP) is 2.31. The molecule has 1 atom stereocenters. The number of hydrogen-bond acceptors (Lipinski definition) is 8. The Labute approximate surface area is 155 Å². The molecule has 1 aliphatic rings. The zero-order valence-corrected chi connectivity index (χ0v) is 15.2. The maximum Gasteiger partial charge on any atom is 0.327 e. The van der Waals surface area contributed by atoms with Gasteiger partial charge >= 0.3 is 5.97 Å². The van der Waals surface area contributed by atoms with E-state index in [1.165, 1.54) is 34.5 Å². The summed E-state index contributed by atoms with van der Waals surface area (Å²) in [5, 5.41) is 10.2. The van der Waals surface area contributed by atoms with Crippen LogP contribution in [0.3, 0.4) is 0 Å². The Morgan fingerprint density at radius 1 is 0.926 bits per heavy atom. The molecule has 0 aromatic heterocycles. The predicted molar refractivity (Wildman–Crippen MR) is 93.5 cm³/mol. The van der Waals surface area contributed by atoms with Crippen molar-refractivity contribution in [2.24, 2.45) is 0 Å². The van der Waals surface area contributed by atoms with Crippen LogP contribution in [0.5, 0.6) is 34.5 Å². The van der Waals surface area contributed by atoms with E-state index in [0.717, 1.165) is 0 Å². The highest BCUT2D eigenvalue weighted by molar-refractivity contribution is 6.18. The number of aromatic hydroxyl groups is 1. The molecule has 1 heterocycles. The summed E-state index contributed by atoms with van der Waals surface area (Å²) in [5.41, 5.74) is 0.361. The van der Waals surface area contributed by atoms with Crippen LogP contribution in [-0.4, -0.2) is 45.3 Å². The van der Waals surface area contributed by atoms with Crippen molar-refractivity contribution >= 4 is 11.8 Å². The summed E-state index contributed by atoms with van der Waals surface area (Å²) in [6, 6.07) is 6.19. The van der Waals surface area contributed by atoms with Gasteiger partial charge in [-0.25, -0.2) is 0 Å². The Bertz CT molecular complexity index is 918. The molecular weight excluding hydrogens is 356 g/mol. The zero-order valence-electron chi connectivity index (χ0n) is 15.2. The van der Waals surface area contributed by atoms with Gasteiger partial charge in [0.1, 0.15) is 5.92 Å². The van der Waals surface area contributed by atoms with Crippen LogP contribution in [0.2, 0.25) is 0 Å². The number of Topliss-reactive ketones (excluding diaryl/α,β-unsaturated/α-hetero) is 1. The number of para-hydroxylation sites is 1. The van der Waals surface area contributed by atoms with Gasteiger partial charge in [0.25, 0.3) is 0 Å². The van der Waals surface area contributed by atoms with Crippen LogP contribution in [0.25, 0.3) is 0 Å². The fourth-order valence-corrected chi connectivity index (χ4v) is 3.07. The van der Waals surface area contributed by atoms with Gasteiger partial charge < -0.3 is 28.8 Å². The largest absolute Gasteiger partial charge is 0.502 e. The fraction of sp³-hybridized carbons (Fsp3) is 0.263. The second kappa shape index (κ2) is 7.06. The highest BCUT2D eigenvalue weighted by atomic mass is 16.6. The van der Waals surface area contributed by atoms with Gasteiger partial charge in [-0.05, 0) is 12.1 Å². The van der Waals surface area contributed by atoms with Crippen molar-refractivity contribution < 1.29 is 38.4 Å². The first-order valence-electron chi connectivity index (χ1n) is 7.93. The molecule has 8 nitrogen and oxygen atoms in total. The number of ketones is 1. The molecule has 27 heavy (non-hydrogen) atoms. The van der Waals surface area contributed by atoms with E-state index >= 15 is 0 Å². The monoisotopic (exact) mass is 374 g/mol. The number of methoxy groups -OCH3 is 4. The molecule has 142 valence electrons. The van der Waals surface area contributed by atoms with Crippen LogP contribution in [0.1, 0.15) is 21.8 Å². The maximum absolute atomic E-state index is 13.2. The molecule has 2 aromatic rings. The molecule has 0 radical (unpaired) electrons. The molecule has 0 aliphatic carbocycles. The average molecular weight is 374 g/mol. The first kappa shape index (κ1) is 18.4. The third kappa shape index (κ3) is 2.79. The normalized spacial score (nSPS) is 15.6. The van der Waals surface area contributed by atoms with Crippen LogP contribution in [0, 0.1) is 0 Å². The highest BCUT2D eigenvalue weighted by Crippen LogP contribution is 2.50. The van der Waals surface area contributed by atoms with Crippen LogP contribution in [0.15, 0.2) is 24.3 Å². The van der Waals surface area contributed by atoms with Crippen LogP contribution in [-0.2, 0) is 4.79 Å². The lowest BCUT2D eigenvalue weighted by molar-refractivity contribution is -0.135. The van der Waals surface area contributed by atoms with Crippen molar-refractivity contribution in [3.05, 3.63) is 35.4 Å². The topological polar surface area (TPSA) is 101 Å². The summed E-state index contributed by atoms with van der Waals surface area (Å²) in [7, 11) is 5.49. The average Bonchev–Trinajstić information content (AvgIpc) is 2.67. The van der Waals surface area contributed by atoms with E-state index < -0.39 is 17.7 Å². The summed E-state index contributed by atoms with van der Waals surface area (Å²) in [6.45, 7) is 0. The van der Waals surface area contributed by atoms with Crippen LogP contribution in [0.4, 0.5) is 0 Å². The number of rotatable bonds is 5. The standard InChI is InChI=1S/C19H18O8/c1-23-11-7-5-6-9(16(11)25-3)13-14(20)10-8-12(24-2)15(21)18(26-4)17(10)27-19(13)22/h5-8,13,21H,1-4H3. The summed E-state index contributed by atoms with van der Waals surface area (Å²) in [6.07, 6.45) is 0. The molecule has 0 fully saturated rings. The van der Waals surface area contributed by atoms with E-state index in [4.69, 9.17) is 23.7 Å². The van der Waals surface area contributed by atoms with E-state index in [1.54, 1.807) is 18.2 Å². The molecule has 1 unspecified atom stereocenters. The molecule has 3 rings (SSSR count). The number of benzene rings is 2. The third-order valence-electron chi connectivity index (χ3n) is 4.31. The van der Waals surface area contributed by atoms with Crippen molar-refractivity contribution in [1.82, 2.24) is 0 Å². The minimum atomic E-state index is -1.26. The van der Waals surface area contributed by atoms with E-state index in [9.17, 15) is 14.7 Å². The number of hydrogen-bond donors (Lipinski definition) is 1. The molecular formula is C19H18O8. The quantitative estimate of drug-likeness (QED) is 0.483. The molecule has 1 aliphatic heterocycles. The van der Waals surface area contributed by atoms with E-state index in [1.807, 2.05) is 0 Å². The first-order valence-corrected chi connectivity index (χ1v) is 7.93. The Morgan fingerprint density at radius 3 is 2.19 bits per heavy atom. The van der Waals surface area contributed by atoms with Crippen molar-refractivity contribution in [2.45, 2.75) is 5.92 Å². The Hall–Kier alpha value is -3.42. The fourth-order valence-electron chi connectivity index (χ4n) is 3.07. The molecule has 2 aromatic carbocycles. The second-order valence-corrected chi connectivity index (χ2v) is 5.64. The molecule has 0 amide bonds. The zero-order chi connectivity index (χ0) is 19.7. The van der Waals surface area contributed by atoms with E-state index in [0.29, 0.717) is 11.3 Å². The number of carbonyl (C=O) groups is 2. The van der Waals surface area contributed by atoms with Crippen LogP contribution < -0.4 is 23.7 Å². The van der Waals surface area contributed by atoms with E-state index in [2.05, 4.69) is 0 Å². The summed E-state index contributed by atoms with van der Waals surface area (Å²) in [5.74, 6) is -2.62. The van der Waals surface area contributed by atoms with Gasteiger partial charge in [-0.15, -0.1) is 0 Å². The van der Waals surface area contributed by atoms with Crippen molar-refractivity contribution in [3.8, 4) is 34.5 Å². The maximum atomic E-state index is 13.2. The number of carbonyl (C=O) groups excluding carboxylic acids is 2. The van der Waals surface area contributed by atoms with Crippen LogP contribution >= 0.6 is 0 Å². The minimum absolute atomic E-state index is 0.0215. The number of fused-ring (bicyclic) bond motifs is 1. The van der Waals surface area contributed by atoms with Gasteiger partial charge in [0.15, 0.2) is 28.8 Å². The molecule has 0 bridgehead atoms. The number of phenols is 1. The smallest absolute Gasteiger partial charge is 0.327 e. The highest BCUT2D eigenvalue weighted by Gasteiger charge is 2.42. The number of phenolic OH excluding ortho intramolecular Hbond substituents is 1. The first-order chi connectivity index (χ1) is 13.0. The lowest BCUT2D eigenvalue weighted by atomic mass is 9.87. The van der Waals surface area contributed by atoms with E-state index in [-0.39, 0.29) is 34.3 Å². The third-order valence-corrected chi connectivity index (χ3v) is 4.31. The molecule has 8 heteroatoms. The summed E-state index contributed by atoms with van der Waals surface area (Å²) < 4.78 is 26.1. The Kier molecular flexibility index (Phi) is 4.81.